The fourth-order valence-electron chi connectivity index (χ4n) is 4.78. The van der Waals surface area contributed by atoms with Crippen LogP contribution < -0.4 is 0 Å². The Kier molecular flexibility index (Phi) is 6.34. The number of carbonyl (C=O) groups excluding carboxylic acids is 1. The largest absolute Gasteiger partial charge is 0.368 e. The molecule has 0 bridgehead atoms. The molecule has 164 valence electrons. The zero-order chi connectivity index (χ0) is 21.8. The summed E-state index contributed by atoms with van der Waals surface area (Å²) in [5.74, 6) is 0.0638. The van der Waals surface area contributed by atoms with Gasteiger partial charge in [0, 0.05) is 43.4 Å². The molecule has 0 aliphatic carbocycles. The molecule has 1 atom stereocenters. The average Bonchev–Trinajstić information content (AvgIpc) is 2.78. The number of amides is 1. The van der Waals surface area contributed by atoms with Gasteiger partial charge in [0.25, 0.3) is 11.6 Å². The van der Waals surface area contributed by atoms with Crippen LogP contribution in [0.15, 0.2) is 54.6 Å². The zero-order valence-corrected chi connectivity index (χ0v) is 17.9. The predicted octanol–water partition coefficient (Wildman–Crippen LogP) is 3.53. The number of nitrogens with zero attached hydrogens (tertiary/aromatic N) is 3. The first-order chi connectivity index (χ1) is 15.0. The van der Waals surface area contributed by atoms with Crippen LogP contribution in [0.5, 0.6) is 0 Å². The van der Waals surface area contributed by atoms with Crippen LogP contribution in [-0.2, 0) is 11.2 Å². The van der Waals surface area contributed by atoms with Crippen LogP contribution in [0.1, 0.15) is 35.7 Å². The van der Waals surface area contributed by atoms with E-state index < -0.39 is 0 Å². The van der Waals surface area contributed by atoms with Crippen molar-refractivity contribution in [1.29, 1.82) is 0 Å². The van der Waals surface area contributed by atoms with Crippen molar-refractivity contribution in [1.82, 2.24) is 9.80 Å². The van der Waals surface area contributed by atoms with Crippen LogP contribution in [0.2, 0.25) is 0 Å². The number of carbonyl (C=O) groups is 1. The van der Waals surface area contributed by atoms with E-state index in [-0.39, 0.29) is 28.2 Å². The first kappa shape index (κ1) is 21.5. The first-order valence-electron chi connectivity index (χ1n) is 10.9. The Morgan fingerprint density at radius 3 is 2.52 bits per heavy atom. The van der Waals surface area contributed by atoms with Crippen molar-refractivity contribution in [3.05, 3.63) is 75.8 Å². The monoisotopic (exact) mass is 423 g/mol. The minimum Gasteiger partial charge on any atom is -0.368 e. The topological polar surface area (TPSA) is 75.9 Å². The number of benzene rings is 2. The molecule has 2 heterocycles. The van der Waals surface area contributed by atoms with E-state index in [1.165, 1.54) is 0 Å². The van der Waals surface area contributed by atoms with Crippen molar-refractivity contribution in [2.24, 2.45) is 0 Å². The summed E-state index contributed by atoms with van der Waals surface area (Å²) in [6.45, 7) is 5.76. The van der Waals surface area contributed by atoms with Crippen molar-refractivity contribution < 1.29 is 14.5 Å². The van der Waals surface area contributed by atoms with Gasteiger partial charge in [-0.1, -0.05) is 36.4 Å². The summed E-state index contributed by atoms with van der Waals surface area (Å²) in [5.41, 5.74) is 1.37. The maximum Gasteiger partial charge on any atom is 0.272 e. The van der Waals surface area contributed by atoms with Crippen LogP contribution in [0.4, 0.5) is 5.69 Å². The van der Waals surface area contributed by atoms with Gasteiger partial charge in [0.05, 0.1) is 23.2 Å². The lowest BCUT2D eigenvalue weighted by atomic mass is 9.88. The number of piperidine rings is 1. The van der Waals surface area contributed by atoms with E-state index in [1.54, 1.807) is 12.1 Å². The maximum atomic E-state index is 13.0. The summed E-state index contributed by atoms with van der Waals surface area (Å²) in [7, 11) is 0. The molecular weight excluding hydrogens is 394 g/mol. The molecule has 31 heavy (non-hydrogen) atoms. The summed E-state index contributed by atoms with van der Waals surface area (Å²) in [4.78, 5) is 28.2. The van der Waals surface area contributed by atoms with E-state index in [0.717, 1.165) is 38.0 Å². The van der Waals surface area contributed by atoms with Crippen LogP contribution in [0, 0.1) is 10.1 Å². The van der Waals surface area contributed by atoms with Gasteiger partial charge < -0.3 is 14.5 Å². The number of hydrogen-bond donors (Lipinski definition) is 0. The second kappa shape index (κ2) is 9.16. The summed E-state index contributed by atoms with van der Waals surface area (Å²) >= 11 is 0. The van der Waals surface area contributed by atoms with Gasteiger partial charge in [-0.15, -0.1) is 0 Å². The number of likely N-dealkylation sites (tertiary alicyclic amines) is 1. The van der Waals surface area contributed by atoms with Crippen LogP contribution >= 0.6 is 0 Å². The minimum absolute atomic E-state index is 0.0000643. The zero-order valence-electron chi connectivity index (χ0n) is 17.9. The number of morpholine rings is 1. The third-order valence-corrected chi connectivity index (χ3v) is 6.37. The second-order valence-corrected chi connectivity index (χ2v) is 8.64. The summed E-state index contributed by atoms with van der Waals surface area (Å²) in [6, 6.07) is 16.4. The van der Waals surface area contributed by atoms with E-state index >= 15 is 0 Å². The van der Waals surface area contributed by atoms with E-state index in [0.29, 0.717) is 25.1 Å². The highest BCUT2D eigenvalue weighted by atomic mass is 16.6. The molecule has 2 saturated heterocycles. The molecule has 2 fully saturated rings. The number of rotatable bonds is 5. The van der Waals surface area contributed by atoms with Crippen LogP contribution in [0.25, 0.3) is 0 Å². The van der Waals surface area contributed by atoms with Gasteiger partial charge in [-0.2, -0.15) is 0 Å². The Morgan fingerprint density at radius 2 is 1.81 bits per heavy atom. The third kappa shape index (κ3) is 4.94. The van der Waals surface area contributed by atoms with Gasteiger partial charge in [0.1, 0.15) is 0 Å². The Morgan fingerprint density at radius 1 is 1.13 bits per heavy atom. The molecule has 4 rings (SSSR count). The highest BCUT2D eigenvalue weighted by Crippen LogP contribution is 2.33. The van der Waals surface area contributed by atoms with Crippen molar-refractivity contribution >= 4 is 11.6 Å². The average molecular weight is 424 g/mol. The number of nitro benzene ring substituents is 1. The number of nitro groups is 1. The molecule has 2 aromatic carbocycles. The van der Waals surface area contributed by atoms with E-state index in [4.69, 9.17) is 4.74 Å². The van der Waals surface area contributed by atoms with Gasteiger partial charge in [-0.05, 0) is 38.3 Å². The van der Waals surface area contributed by atoms with E-state index in [2.05, 4.69) is 4.90 Å². The lowest BCUT2D eigenvalue weighted by Gasteiger charge is -2.49. The standard InChI is InChI=1S/C24H29N3O4/c1-19-17-26(23(28)21-8-3-2-4-9-21)18-24(31-19)12-15-25(16-13-24)14-11-20-7-5-6-10-22(20)27(29)30/h2-10,19H,11-18H2,1H3. The van der Waals surface area contributed by atoms with E-state index in [1.807, 2.05) is 54.3 Å². The molecule has 1 unspecified atom stereocenters. The Balaban J connectivity index is 1.36. The van der Waals surface area contributed by atoms with Gasteiger partial charge in [0.15, 0.2) is 0 Å². The molecule has 7 heteroatoms. The quantitative estimate of drug-likeness (QED) is 0.543. The normalized spacial score (nSPS) is 21.2. The molecule has 7 nitrogen and oxygen atoms in total. The Hall–Kier alpha value is -2.77. The van der Waals surface area contributed by atoms with Gasteiger partial charge in [-0.25, -0.2) is 0 Å². The number of ether oxygens (including phenoxy) is 1. The maximum absolute atomic E-state index is 13.0. The fourth-order valence-corrected chi connectivity index (χ4v) is 4.78. The molecule has 0 N–H and O–H groups in total. The predicted molar refractivity (Wildman–Crippen MR) is 118 cm³/mol. The van der Waals surface area contributed by atoms with E-state index in [9.17, 15) is 14.9 Å². The highest BCUT2D eigenvalue weighted by Gasteiger charge is 2.43. The smallest absolute Gasteiger partial charge is 0.272 e. The highest BCUT2D eigenvalue weighted by molar-refractivity contribution is 5.94. The Bertz CT molecular complexity index is 925. The first-order valence-corrected chi connectivity index (χ1v) is 10.9. The fraction of sp³-hybridized carbons (Fsp3) is 0.458. The molecule has 0 radical (unpaired) electrons. The summed E-state index contributed by atoms with van der Waals surface area (Å²) in [6.07, 6.45) is 2.36. The molecule has 2 aromatic rings. The lowest BCUT2D eigenvalue weighted by Crippen LogP contribution is -2.60. The van der Waals surface area contributed by atoms with Crippen molar-refractivity contribution in [2.75, 3.05) is 32.7 Å². The summed E-state index contributed by atoms with van der Waals surface area (Å²) < 4.78 is 6.38. The molecule has 0 saturated carbocycles. The van der Waals surface area contributed by atoms with Crippen LogP contribution in [0.3, 0.4) is 0 Å². The van der Waals surface area contributed by atoms with Crippen molar-refractivity contribution in [2.45, 2.75) is 37.9 Å². The molecule has 1 amide bonds. The van der Waals surface area contributed by atoms with Crippen molar-refractivity contribution in [3.63, 3.8) is 0 Å². The molecule has 2 aliphatic rings. The SMILES string of the molecule is CC1CN(C(=O)c2ccccc2)CC2(CCN(CCc3ccccc3[N+](=O)[O-])CC2)O1. The second-order valence-electron chi connectivity index (χ2n) is 8.64. The van der Waals surface area contributed by atoms with Crippen molar-refractivity contribution in [3.8, 4) is 0 Å². The van der Waals surface area contributed by atoms with Crippen LogP contribution in [-0.4, -0.2) is 65.1 Å². The van der Waals surface area contributed by atoms with Gasteiger partial charge in [0.2, 0.25) is 0 Å². The Labute approximate surface area is 182 Å². The third-order valence-electron chi connectivity index (χ3n) is 6.37. The van der Waals surface area contributed by atoms with Gasteiger partial charge in [-0.3, -0.25) is 14.9 Å². The lowest BCUT2D eigenvalue weighted by molar-refractivity contribution is -0.385. The molecular formula is C24H29N3O4. The minimum atomic E-state index is -0.309. The molecule has 2 aliphatic heterocycles. The number of para-hydroxylation sites is 1. The molecule has 1 spiro atoms. The van der Waals surface area contributed by atoms with Gasteiger partial charge >= 0.3 is 0 Å². The number of hydrogen-bond acceptors (Lipinski definition) is 5. The molecule has 0 aromatic heterocycles. The summed E-state index contributed by atoms with van der Waals surface area (Å²) in [5, 5.41) is 11.2.